The first-order chi connectivity index (χ1) is 12.2. The van der Waals surface area contributed by atoms with E-state index >= 15 is 0 Å². The van der Waals surface area contributed by atoms with Crippen molar-refractivity contribution < 1.29 is 9.53 Å². The van der Waals surface area contributed by atoms with Gasteiger partial charge in [-0.15, -0.1) is 5.10 Å². The van der Waals surface area contributed by atoms with Gasteiger partial charge in [0.15, 0.2) is 5.16 Å². The zero-order chi connectivity index (χ0) is 17.6. The lowest BCUT2D eigenvalue weighted by atomic mass is 10.0. The van der Waals surface area contributed by atoms with Gasteiger partial charge in [0.2, 0.25) is 5.91 Å². The van der Waals surface area contributed by atoms with Crippen molar-refractivity contribution >= 4 is 17.7 Å². The summed E-state index contributed by atoms with van der Waals surface area (Å²) in [7, 11) is 0. The highest BCUT2D eigenvalue weighted by Crippen LogP contribution is 2.31. The summed E-state index contributed by atoms with van der Waals surface area (Å²) in [5, 5.41) is 10.1. The number of nitrogens with zero attached hydrogens (tertiary/aromatic N) is 2. The number of rotatable bonds is 7. The second-order valence-electron chi connectivity index (χ2n) is 5.90. The number of hydrogen-bond acceptors (Lipinski definition) is 5. The second kappa shape index (κ2) is 8.24. The van der Waals surface area contributed by atoms with Crippen LogP contribution in [0.2, 0.25) is 0 Å². The van der Waals surface area contributed by atoms with Crippen molar-refractivity contribution in [1.29, 1.82) is 0 Å². The van der Waals surface area contributed by atoms with Crippen LogP contribution >= 0.6 is 11.8 Å². The van der Waals surface area contributed by atoms with Gasteiger partial charge in [-0.2, -0.15) is 0 Å². The lowest BCUT2D eigenvalue weighted by molar-refractivity contribution is -0.119. The van der Waals surface area contributed by atoms with E-state index < -0.39 is 0 Å². The number of hydrogen-bond donors (Lipinski definition) is 2. The van der Waals surface area contributed by atoms with Gasteiger partial charge in [-0.05, 0) is 12.5 Å². The molecule has 1 amide bonds. The third-order valence-electron chi connectivity index (χ3n) is 4.08. The van der Waals surface area contributed by atoms with Gasteiger partial charge in [0.05, 0.1) is 18.4 Å². The lowest BCUT2D eigenvalue weighted by Gasteiger charge is -2.26. The summed E-state index contributed by atoms with van der Waals surface area (Å²) < 4.78 is 7.20. The number of ether oxygens (including phenoxy) is 1. The van der Waals surface area contributed by atoms with Crippen molar-refractivity contribution in [2.24, 2.45) is 0 Å². The molecule has 0 bridgehead atoms. The molecule has 0 radical (unpaired) electrons. The molecule has 1 unspecified atom stereocenters. The van der Waals surface area contributed by atoms with Gasteiger partial charge in [-0.25, -0.2) is 9.89 Å². The summed E-state index contributed by atoms with van der Waals surface area (Å²) in [5.41, 5.74) is 0.779. The highest BCUT2D eigenvalue weighted by molar-refractivity contribution is 7.99. The second-order valence-corrected chi connectivity index (χ2v) is 6.84. The number of thioether (sulfide) groups is 1. The normalized spacial score (nSPS) is 16.1. The number of H-pyrrole nitrogens is 1. The summed E-state index contributed by atoms with van der Waals surface area (Å²) in [6.07, 6.45) is 2.64. The van der Waals surface area contributed by atoms with E-state index in [1.54, 1.807) is 4.57 Å². The van der Waals surface area contributed by atoms with E-state index in [9.17, 15) is 9.59 Å². The molecule has 25 heavy (non-hydrogen) atoms. The van der Waals surface area contributed by atoms with Gasteiger partial charge in [0.1, 0.15) is 5.75 Å². The summed E-state index contributed by atoms with van der Waals surface area (Å²) in [6, 6.07) is 7.71. The Labute approximate surface area is 150 Å². The average Bonchev–Trinajstić information content (AvgIpc) is 2.98. The largest absolute Gasteiger partial charge is 0.493 e. The molecule has 1 atom stereocenters. The Morgan fingerprint density at radius 3 is 3.16 bits per heavy atom. The van der Waals surface area contributed by atoms with Crippen LogP contribution in [-0.4, -0.2) is 33.0 Å². The van der Waals surface area contributed by atoms with Gasteiger partial charge in [-0.3, -0.25) is 9.36 Å². The van der Waals surface area contributed by atoms with Gasteiger partial charge >= 0.3 is 5.69 Å². The number of aromatic amines is 1. The van der Waals surface area contributed by atoms with Crippen molar-refractivity contribution in [3.05, 3.63) is 40.3 Å². The number of para-hydroxylation sites is 1. The van der Waals surface area contributed by atoms with Crippen LogP contribution in [-0.2, 0) is 11.3 Å². The van der Waals surface area contributed by atoms with Crippen LogP contribution in [0.25, 0.3) is 0 Å². The molecular formula is C17H22N4O3S. The molecule has 134 valence electrons. The van der Waals surface area contributed by atoms with E-state index in [0.29, 0.717) is 18.3 Å². The molecule has 7 nitrogen and oxygen atoms in total. The fraction of sp³-hybridized carbons (Fsp3) is 0.471. The molecular weight excluding hydrogens is 340 g/mol. The predicted octanol–water partition coefficient (Wildman–Crippen LogP) is 2.10. The first-order valence-electron chi connectivity index (χ1n) is 8.48. The van der Waals surface area contributed by atoms with Gasteiger partial charge in [0.25, 0.3) is 0 Å². The van der Waals surface area contributed by atoms with E-state index in [1.165, 1.54) is 11.8 Å². The fourth-order valence-corrected chi connectivity index (χ4v) is 3.57. The molecule has 1 aromatic carbocycles. The van der Waals surface area contributed by atoms with Gasteiger partial charge < -0.3 is 10.1 Å². The molecule has 0 saturated carbocycles. The third-order valence-corrected chi connectivity index (χ3v) is 5.06. The number of benzene rings is 1. The van der Waals surface area contributed by atoms with E-state index in [4.69, 9.17) is 4.74 Å². The molecule has 3 rings (SSSR count). The Hall–Kier alpha value is -2.22. The molecule has 1 aliphatic heterocycles. The number of aromatic nitrogens is 3. The number of carbonyl (C=O) groups is 1. The Morgan fingerprint density at radius 2 is 2.32 bits per heavy atom. The number of amides is 1. The van der Waals surface area contributed by atoms with Crippen molar-refractivity contribution in [1.82, 2.24) is 20.1 Å². The monoisotopic (exact) mass is 362 g/mol. The van der Waals surface area contributed by atoms with Crippen molar-refractivity contribution in [2.45, 2.75) is 43.9 Å². The topological polar surface area (TPSA) is 89.0 Å². The molecule has 1 aliphatic rings. The zero-order valence-corrected chi connectivity index (χ0v) is 15.0. The van der Waals surface area contributed by atoms with Crippen LogP contribution < -0.4 is 15.7 Å². The minimum atomic E-state index is -0.227. The van der Waals surface area contributed by atoms with Crippen LogP contribution in [0.3, 0.4) is 0 Å². The standard InChI is InChI=1S/C17H22N4O3S/c1-2-3-9-21-16(23)19-20-17(21)25-11-15(22)18-13-8-10-24-14-7-5-4-6-12(13)14/h4-7,13H,2-3,8-11H2,1H3,(H,18,22)(H,19,23). The van der Waals surface area contributed by atoms with Crippen molar-refractivity contribution in [3.8, 4) is 5.75 Å². The Morgan fingerprint density at radius 1 is 1.48 bits per heavy atom. The first-order valence-corrected chi connectivity index (χ1v) is 9.46. The molecule has 2 aromatic rings. The summed E-state index contributed by atoms with van der Waals surface area (Å²) in [4.78, 5) is 24.1. The average molecular weight is 362 g/mol. The van der Waals surface area contributed by atoms with E-state index in [2.05, 4.69) is 22.4 Å². The van der Waals surface area contributed by atoms with Crippen molar-refractivity contribution in [3.63, 3.8) is 0 Å². The van der Waals surface area contributed by atoms with Crippen molar-refractivity contribution in [2.75, 3.05) is 12.4 Å². The predicted molar refractivity (Wildman–Crippen MR) is 95.9 cm³/mol. The maximum atomic E-state index is 12.3. The van der Waals surface area contributed by atoms with Crippen LogP contribution in [0, 0.1) is 0 Å². The molecule has 1 aromatic heterocycles. The van der Waals surface area contributed by atoms with Crippen LogP contribution in [0.15, 0.2) is 34.2 Å². The molecule has 2 heterocycles. The SMILES string of the molecule is CCCCn1c(SCC(=O)NC2CCOc3ccccc32)n[nH]c1=O. The first kappa shape index (κ1) is 17.6. The number of nitrogens with one attached hydrogen (secondary N) is 2. The van der Waals surface area contributed by atoms with E-state index in [0.717, 1.165) is 30.6 Å². The summed E-state index contributed by atoms with van der Waals surface area (Å²) in [5.74, 6) is 0.965. The molecule has 0 spiro atoms. The molecule has 0 fully saturated rings. The highest BCUT2D eigenvalue weighted by Gasteiger charge is 2.22. The van der Waals surface area contributed by atoms with E-state index in [1.807, 2.05) is 24.3 Å². The number of carbonyl (C=O) groups excluding carboxylic acids is 1. The smallest absolute Gasteiger partial charge is 0.343 e. The molecule has 0 aliphatic carbocycles. The zero-order valence-electron chi connectivity index (χ0n) is 14.2. The third kappa shape index (κ3) is 4.25. The fourth-order valence-electron chi connectivity index (χ4n) is 2.78. The number of fused-ring (bicyclic) bond motifs is 1. The highest BCUT2D eigenvalue weighted by atomic mass is 32.2. The molecule has 2 N–H and O–H groups in total. The van der Waals surface area contributed by atoms with Crippen LogP contribution in [0.4, 0.5) is 0 Å². The van der Waals surface area contributed by atoms with Crippen LogP contribution in [0.1, 0.15) is 37.8 Å². The summed E-state index contributed by atoms with van der Waals surface area (Å²) >= 11 is 1.27. The Bertz CT molecular complexity index is 786. The maximum absolute atomic E-state index is 12.3. The van der Waals surface area contributed by atoms with E-state index in [-0.39, 0.29) is 23.4 Å². The quantitative estimate of drug-likeness (QED) is 0.737. The lowest BCUT2D eigenvalue weighted by Crippen LogP contribution is -2.33. The molecule has 8 heteroatoms. The molecule has 0 saturated heterocycles. The maximum Gasteiger partial charge on any atom is 0.343 e. The minimum Gasteiger partial charge on any atom is -0.493 e. The van der Waals surface area contributed by atoms with Gasteiger partial charge in [-0.1, -0.05) is 43.3 Å². The Balaban J connectivity index is 1.59. The number of unbranched alkanes of at least 4 members (excludes halogenated alkanes) is 1. The van der Waals surface area contributed by atoms with Gasteiger partial charge in [0, 0.05) is 18.5 Å². The minimum absolute atomic E-state index is 0.0421. The summed E-state index contributed by atoms with van der Waals surface area (Å²) in [6.45, 7) is 3.27. The Kier molecular flexibility index (Phi) is 5.80. The van der Waals surface area contributed by atoms with Crippen LogP contribution in [0.5, 0.6) is 5.75 Å².